The molecule has 0 aliphatic heterocycles. The molecule has 0 unspecified atom stereocenters. The number of nitrogens with two attached hydrogens (primary N) is 1. The van der Waals surface area contributed by atoms with Gasteiger partial charge < -0.3 is 10.3 Å². The van der Waals surface area contributed by atoms with Crippen molar-refractivity contribution in [2.24, 2.45) is 12.8 Å². The molecule has 6 heteroatoms. The highest BCUT2D eigenvalue weighted by atomic mass is 35.5. The van der Waals surface area contributed by atoms with Crippen LogP contribution in [0.5, 0.6) is 0 Å². The number of aryl methyl sites for hydroxylation is 2. The summed E-state index contributed by atoms with van der Waals surface area (Å²) >= 11 is 6.31. The minimum atomic E-state index is 0.493. The van der Waals surface area contributed by atoms with E-state index >= 15 is 0 Å². The molecule has 2 N–H and O–H groups in total. The van der Waals surface area contributed by atoms with Crippen LogP contribution in [0.3, 0.4) is 0 Å². The van der Waals surface area contributed by atoms with Crippen LogP contribution in [0.25, 0.3) is 11.0 Å². The fourth-order valence-corrected chi connectivity index (χ4v) is 2.71. The summed E-state index contributed by atoms with van der Waals surface area (Å²) in [6.07, 6.45) is 3.82. The van der Waals surface area contributed by atoms with E-state index in [4.69, 9.17) is 17.3 Å². The number of hydrogen-bond donors (Lipinski definition) is 1. The van der Waals surface area contributed by atoms with E-state index in [0.717, 1.165) is 28.0 Å². The summed E-state index contributed by atoms with van der Waals surface area (Å²) < 4.78 is 3.88. The fraction of sp³-hybridized carbons (Fsp3) is 0.286. The number of pyridine rings is 1. The molecule has 3 aromatic rings. The molecule has 0 aliphatic rings. The Hall–Kier alpha value is -1.85. The number of fused-ring (bicyclic) bond motifs is 1. The van der Waals surface area contributed by atoms with Gasteiger partial charge in [0.1, 0.15) is 5.65 Å². The van der Waals surface area contributed by atoms with Crippen molar-refractivity contribution in [2.45, 2.75) is 20.0 Å². The summed E-state index contributed by atoms with van der Waals surface area (Å²) in [5, 5.41) is 6.14. The van der Waals surface area contributed by atoms with Crippen LogP contribution in [0.4, 0.5) is 0 Å². The van der Waals surface area contributed by atoms with Crippen molar-refractivity contribution in [3.63, 3.8) is 0 Å². The summed E-state index contributed by atoms with van der Waals surface area (Å²) in [7, 11) is 1.90. The summed E-state index contributed by atoms with van der Waals surface area (Å²) in [6, 6.07) is 3.96. The molecule has 3 aromatic heterocycles. The Labute approximate surface area is 122 Å². The molecule has 3 heterocycles. The number of hydrogen-bond acceptors (Lipinski definition) is 3. The Balaban J connectivity index is 2.11. The smallest absolute Gasteiger partial charge is 0.140 e. The van der Waals surface area contributed by atoms with Crippen molar-refractivity contribution in [2.75, 3.05) is 0 Å². The maximum atomic E-state index is 6.31. The first-order valence-electron chi connectivity index (χ1n) is 6.42. The minimum Gasteiger partial charge on any atom is -0.326 e. The summed E-state index contributed by atoms with van der Waals surface area (Å²) in [5.41, 5.74) is 9.62. The highest BCUT2D eigenvalue weighted by Gasteiger charge is 2.14. The zero-order valence-electron chi connectivity index (χ0n) is 11.5. The van der Waals surface area contributed by atoms with E-state index in [9.17, 15) is 0 Å². The van der Waals surface area contributed by atoms with Gasteiger partial charge >= 0.3 is 0 Å². The second kappa shape index (κ2) is 4.92. The first kappa shape index (κ1) is 13.1. The SMILES string of the molecule is Cc1nn(C)c(Cn2cc(CN)c3cccnc32)c1Cl. The molecule has 0 saturated heterocycles. The first-order valence-corrected chi connectivity index (χ1v) is 6.80. The van der Waals surface area contributed by atoms with Crippen LogP contribution in [0.2, 0.25) is 5.02 Å². The summed E-state index contributed by atoms with van der Waals surface area (Å²) in [5.74, 6) is 0. The van der Waals surface area contributed by atoms with Crippen molar-refractivity contribution in [3.05, 3.63) is 46.5 Å². The lowest BCUT2D eigenvalue weighted by Gasteiger charge is -2.05. The predicted octanol–water partition coefficient (Wildman–Crippen LogP) is 2.24. The Kier molecular flexibility index (Phi) is 3.23. The number of halogens is 1. The van der Waals surface area contributed by atoms with Crippen LogP contribution in [-0.2, 0) is 20.1 Å². The minimum absolute atomic E-state index is 0.493. The van der Waals surface area contributed by atoms with Crippen LogP contribution >= 0.6 is 11.6 Å². The molecular formula is C14H16ClN5. The van der Waals surface area contributed by atoms with E-state index < -0.39 is 0 Å². The van der Waals surface area contributed by atoms with E-state index in [1.54, 1.807) is 6.20 Å². The van der Waals surface area contributed by atoms with E-state index in [2.05, 4.69) is 14.6 Å². The molecule has 0 radical (unpaired) electrons. The van der Waals surface area contributed by atoms with Gasteiger partial charge in [-0.25, -0.2) is 4.98 Å². The van der Waals surface area contributed by atoms with Crippen LogP contribution in [0.1, 0.15) is 17.0 Å². The molecule has 20 heavy (non-hydrogen) atoms. The second-order valence-corrected chi connectivity index (χ2v) is 5.21. The Morgan fingerprint density at radius 2 is 2.20 bits per heavy atom. The first-order chi connectivity index (χ1) is 9.61. The van der Waals surface area contributed by atoms with Gasteiger partial charge in [0.25, 0.3) is 0 Å². The normalized spacial score (nSPS) is 11.4. The standard InChI is InChI=1S/C14H16ClN5/c1-9-13(15)12(19(2)18-9)8-20-7-10(6-16)11-4-3-5-17-14(11)20/h3-5,7H,6,8,16H2,1-2H3. The van der Waals surface area contributed by atoms with Crippen molar-refractivity contribution in [1.82, 2.24) is 19.3 Å². The highest BCUT2D eigenvalue weighted by molar-refractivity contribution is 6.31. The molecule has 0 atom stereocenters. The van der Waals surface area contributed by atoms with Gasteiger partial charge in [0, 0.05) is 31.4 Å². The molecule has 0 aromatic carbocycles. The van der Waals surface area contributed by atoms with Gasteiger partial charge in [0.2, 0.25) is 0 Å². The van der Waals surface area contributed by atoms with Crippen molar-refractivity contribution >= 4 is 22.6 Å². The van der Waals surface area contributed by atoms with Gasteiger partial charge in [-0.05, 0) is 24.6 Å². The molecular weight excluding hydrogens is 274 g/mol. The average Bonchev–Trinajstić information content (AvgIpc) is 2.92. The largest absolute Gasteiger partial charge is 0.326 e. The van der Waals surface area contributed by atoms with Crippen LogP contribution < -0.4 is 5.73 Å². The zero-order valence-corrected chi connectivity index (χ0v) is 12.2. The molecule has 5 nitrogen and oxygen atoms in total. The molecule has 0 amide bonds. The van der Waals surface area contributed by atoms with Crippen LogP contribution in [-0.4, -0.2) is 19.3 Å². The van der Waals surface area contributed by atoms with E-state index in [0.29, 0.717) is 18.1 Å². The predicted molar refractivity (Wildman–Crippen MR) is 79.7 cm³/mol. The van der Waals surface area contributed by atoms with Gasteiger partial charge in [-0.15, -0.1) is 0 Å². The molecule has 0 aliphatic carbocycles. The number of nitrogens with zero attached hydrogens (tertiary/aromatic N) is 4. The number of aromatic nitrogens is 4. The third-order valence-corrected chi connectivity index (χ3v) is 4.01. The summed E-state index contributed by atoms with van der Waals surface area (Å²) in [6.45, 7) is 3.03. The number of rotatable bonds is 3. The van der Waals surface area contributed by atoms with Gasteiger partial charge in [0.05, 0.1) is 23.0 Å². The zero-order chi connectivity index (χ0) is 14.3. The lowest BCUT2D eigenvalue weighted by molar-refractivity contribution is 0.670. The van der Waals surface area contributed by atoms with Crippen LogP contribution in [0.15, 0.2) is 24.5 Å². The maximum absolute atomic E-state index is 6.31. The quantitative estimate of drug-likeness (QED) is 0.804. The van der Waals surface area contributed by atoms with Gasteiger partial charge in [-0.2, -0.15) is 5.10 Å². The van der Waals surface area contributed by atoms with Gasteiger partial charge in [-0.1, -0.05) is 11.6 Å². The Morgan fingerprint density at radius 3 is 2.85 bits per heavy atom. The molecule has 0 saturated carbocycles. The van der Waals surface area contributed by atoms with Gasteiger partial charge in [0.15, 0.2) is 0 Å². The Bertz CT molecular complexity index is 771. The van der Waals surface area contributed by atoms with E-state index in [1.165, 1.54) is 0 Å². The molecule has 0 spiro atoms. The van der Waals surface area contributed by atoms with Gasteiger partial charge in [-0.3, -0.25) is 4.68 Å². The lowest BCUT2D eigenvalue weighted by atomic mass is 10.2. The van der Waals surface area contributed by atoms with Crippen molar-refractivity contribution < 1.29 is 0 Å². The molecule has 104 valence electrons. The highest BCUT2D eigenvalue weighted by Crippen LogP contribution is 2.24. The second-order valence-electron chi connectivity index (χ2n) is 4.83. The third kappa shape index (κ3) is 1.99. The van der Waals surface area contributed by atoms with Crippen LogP contribution in [0, 0.1) is 6.92 Å². The lowest BCUT2D eigenvalue weighted by Crippen LogP contribution is -2.05. The van der Waals surface area contributed by atoms with E-state index in [1.807, 2.05) is 37.0 Å². The molecule has 0 fully saturated rings. The fourth-order valence-electron chi connectivity index (χ4n) is 2.49. The van der Waals surface area contributed by atoms with E-state index in [-0.39, 0.29) is 0 Å². The maximum Gasteiger partial charge on any atom is 0.140 e. The topological polar surface area (TPSA) is 61.7 Å². The molecule has 3 rings (SSSR count). The average molecular weight is 290 g/mol. The third-order valence-electron chi connectivity index (χ3n) is 3.52. The molecule has 0 bridgehead atoms. The Morgan fingerprint density at radius 1 is 1.40 bits per heavy atom. The monoisotopic (exact) mass is 289 g/mol. The van der Waals surface area contributed by atoms with Crippen molar-refractivity contribution in [3.8, 4) is 0 Å². The summed E-state index contributed by atoms with van der Waals surface area (Å²) in [4.78, 5) is 4.45. The van der Waals surface area contributed by atoms with Crippen molar-refractivity contribution in [1.29, 1.82) is 0 Å².